The number of nitrogens with one attached hydrogen (secondary N) is 2. The number of nitrogens with zero attached hydrogens (tertiary/aromatic N) is 2. The summed E-state index contributed by atoms with van der Waals surface area (Å²) in [5, 5.41) is 22.9. The summed E-state index contributed by atoms with van der Waals surface area (Å²) in [6, 6.07) is 11.8. The van der Waals surface area contributed by atoms with Crippen molar-refractivity contribution in [1.82, 2.24) is 5.32 Å². The van der Waals surface area contributed by atoms with Gasteiger partial charge in [0.2, 0.25) is 11.8 Å². The lowest BCUT2D eigenvalue weighted by atomic mass is 10.2. The molecule has 1 fully saturated rings. The molecule has 0 saturated carbocycles. The first-order chi connectivity index (χ1) is 13.4. The fraction of sp³-hybridized carbons (Fsp3) is 0.158. The Bertz CT molecular complexity index is 977. The Hall–Kier alpha value is -2.84. The van der Waals surface area contributed by atoms with Gasteiger partial charge in [-0.1, -0.05) is 41.6 Å². The molecule has 1 saturated heterocycles. The summed E-state index contributed by atoms with van der Waals surface area (Å²) in [5.74, 6) is -0.466. The first-order valence-corrected chi connectivity index (χ1v) is 9.60. The van der Waals surface area contributed by atoms with Gasteiger partial charge >= 0.3 is 0 Å². The molecule has 1 heterocycles. The number of halogens is 1. The summed E-state index contributed by atoms with van der Waals surface area (Å²) in [4.78, 5) is 24.3. The first-order valence-electron chi connectivity index (χ1n) is 8.34. The molecule has 9 heteroatoms. The standard InChI is InChI=1S/C19H17ClN4O3S/c1-11-5-6-13(8-15(11)20)22-17(26)9-16-18(27)23-19(28-16)24-21-10-12-3-2-4-14(25)7-12/h2-8,10,16,25H,9H2,1H3,(H,22,26)(H,23,24,27)/b21-10-/t16-/m1/s1. The number of amides is 2. The maximum absolute atomic E-state index is 12.2. The molecule has 1 aliphatic heterocycles. The third-order valence-corrected chi connectivity index (χ3v) is 5.31. The van der Waals surface area contributed by atoms with Crippen LogP contribution in [0.1, 0.15) is 17.5 Å². The number of rotatable bonds is 5. The fourth-order valence-corrected chi connectivity index (χ4v) is 3.50. The molecule has 28 heavy (non-hydrogen) atoms. The molecular weight excluding hydrogens is 400 g/mol. The van der Waals surface area contributed by atoms with Crippen molar-refractivity contribution in [2.24, 2.45) is 10.2 Å². The summed E-state index contributed by atoms with van der Waals surface area (Å²) < 4.78 is 0. The van der Waals surface area contributed by atoms with Crippen molar-refractivity contribution in [1.29, 1.82) is 0 Å². The van der Waals surface area contributed by atoms with Crippen LogP contribution in [0.2, 0.25) is 5.02 Å². The Morgan fingerprint density at radius 3 is 2.93 bits per heavy atom. The van der Waals surface area contributed by atoms with Crippen LogP contribution in [0.15, 0.2) is 52.7 Å². The zero-order valence-electron chi connectivity index (χ0n) is 14.8. The van der Waals surface area contributed by atoms with Gasteiger partial charge < -0.3 is 15.7 Å². The Labute approximate surface area is 170 Å². The van der Waals surface area contributed by atoms with Crippen LogP contribution in [0.25, 0.3) is 0 Å². The van der Waals surface area contributed by atoms with Crippen LogP contribution < -0.4 is 10.6 Å². The quantitative estimate of drug-likeness (QED) is 0.514. The average Bonchev–Trinajstić information content (AvgIpc) is 2.97. The van der Waals surface area contributed by atoms with Crippen molar-refractivity contribution in [2.45, 2.75) is 18.6 Å². The second-order valence-electron chi connectivity index (χ2n) is 6.06. The summed E-state index contributed by atoms with van der Waals surface area (Å²) in [5.41, 5.74) is 2.16. The van der Waals surface area contributed by atoms with Gasteiger partial charge in [-0.25, -0.2) is 0 Å². The van der Waals surface area contributed by atoms with Gasteiger partial charge in [-0.2, -0.15) is 5.10 Å². The molecule has 0 bridgehead atoms. The van der Waals surface area contributed by atoms with Crippen LogP contribution in [0.3, 0.4) is 0 Å². The minimum absolute atomic E-state index is 0.00269. The van der Waals surface area contributed by atoms with Crippen molar-refractivity contribution in [2.75, 3.05) is 5.32 Å². The van der Waals surface area contributed by atoms with Gasteiger partial charge in [0.1, 0.15) is 11.0 Å². The van der Waals surface area contributed by atoms with Gasteiger partial charge in [0.15, 0.2) is 5.17 Å². The van der Waals surface area contributed by atoms with Crippen LogP contribution in [-0.4, -0.2) is 33.6 Å². The lowest BCUT2D eigenvalue weighted by molar-refractivity contribution is -0.122. The zero-order valence-corrected chi connectivity index (χ0v) is 16.4. The van der Waals surface area contributed by atoms with Crippen molar-refractivity contribution in [3.63, 3.8) is 0 Å². The molecular formula is C19H17ClN4O3S. The second kappa shape index (κ2) is 8.90. The number of phenolic OH excluding ortho intramolecular Hbond substituents is 1. The lowest BCUT2D eigenvalue weighted by Crippen LogP contribution is -2.28. The number of carbonyl (C=O) groups is 2. The van der Waals surface area contributed by atoms with Gasteiger partial charge in [-0.15, -0.1) is 5.10 Å². The van der Waals surface area contributed by atoms with E-state index in [-0.39, 0.29) is 24.0 Å². The largest absolute Gasteiger partial charge is 0.508 e. The minimum atomic E-state index is -0.587. The van der Waals surface area contributed by atoms with Crippen LogP contribution >= 0.6 is 23.4 Å². The van der Waals surface area contributed by atoms with Crippen LogP contribution in [0.5, 0.6) is 5.75 Å². The van der Waals surface area contributed by atoms with E-state index in [1.54, 1.807) is 30.3 Å². The number of hydrogen-bond donors (Lipinski definition) is 3. The molecule has 0 radical (unpaired) electrons. The van der Waals surface area contributed by atoms with Crippen molar-refractivity contribution < 1.29 is 14.7 Å². The van der Waals surface area contributed by atoms with Crippen LogP contribution in [0, 0.1) is 6.92 Å². The maximum Gasteiger partial charge on any atom is 0.240 e. The normalized spacial score (nSPS) is 17.9. The number of thioether (sulfide) groups is 1. The SMILES string of the molecule is Cc1ccc(NC(=O)C[C@H]2S/C(=N/N=C\c3cccc(O)c3)NC2=O)cc1Cl. The second-order valence-corrected chi connectivity index (χ2v) is 7.66. The summed E-state index contributed by atoms with van der Waals surface area (Å²) in [6.07, 6.45) is 1.46. The number of hydrogen-bond acceptors (Lipinski definition) is 6. The third kappa shape index (κ3) is 5.34. The van der Waals surface area contributed by atoms with Gasteiger partial charge in [-0.3, -0.25) is 9.59 Å². The molecule has 144 valence electrons. The first kappa shape index (κ1) is 19.9. The number of aryl methyl sites for hydroxylation is 1. The predicted molar refractivity (Wildman–Crippen MR) is 112 cm³/mol. The number of aromatic hydroxyl groups is 1. The van der Waals surface area contributed by atoms with Gasteiger partial charge in [0.25, 0.3) is 0 Å². The molecule has 2 aromatic carbocycles. The summed E-state index contributed by atoms with van der Waals surface area (Å²) in [6.45, 7) is 1.87. The van der Waals surface area contributed by atoms with E-state index in [2.05, 4.69) is 20.8 Å². The van der Waals surface area contributed by atoms with E-state index < -0.39 is 5.25 Å². The molecule has 1 aliphatic rings. The van der Waals surface area contributed by atoms with E-state index in [9.17, 15) is 14.7 Å². The highest BCUT2D eigenvalue weighted by Crippen LogP contribution is 2.24. The number of phenols is 1. The molecule has 1 atom stereocenters. The van der Waals surface area contributed by atoms with Crippen LogP contribution in [0.4, 0.5) is 5.69 Å². The Balaban J connectivity index is 1.56. The number of carbonyl (C=O) groups excluding carboxylic acids is 2. The van der Waals surface area contributed by atoms with Gasteiger partial charge in [-0.05, 0) is 42.3 Å². The van der Waals surface area contributed by atoms with Crippen molar-refractivity contribution in [3.8, 4) is 5.75 Å². The molecule has 3 N–H and O–H groups in total. The highest BCUT2D eigenvalue weighted by molar-refractivity contribution is 8.15. The van der Waals surface area contributed by atoms with Gasteiger partial charge in [0, 0.05) is 17.1 Å². The van der Waals surface area contributed by atoms with E-state index in [1.165, 1.54) is 12.3 Å². The molecule has 3 rings (SSSR count). The van der Waals surface area contributed by atoms with Crippen molar-refractivity contribution in [3.05, 3.63) is 58.6 Å². The Kier molecular flexibility index (Phi) is 6.33. The Morgan fingerprint density at radius 1 is 1.36 bits per heavy atom. The van der Waals surface area contributed by atoms with E-state index in [0.717, 1.165) is 17.3 Å². The average molecular weight is 417 g/mol. The van der Waals surface area contributed by atoms with Gasteiger partial charge in [0.05, 0.1) is 6.21 Å². The molecule has 7 nitrogen and oxygen atoms in total. The van der Waals surface area contributed by atoms with E-state index in [0.29, 0.717) is 21.4 Å². The zero-order chi connectivity index (χ0) is 20.1. The lowest BCUT2D eigenvalue weighted by Gasteiger charge is -2.08. The molecule has 2 aromatic rings. The molecule has 0 spiro atoms. The monoisotopic (exact) mass is 416 g/mol. The third-order valence-electron chi connectivity index (χ3n) is 3.83. The number of amidine groups is 1. The minimum Gasteiger partial charge on any atom is -0.508 e. The Morgan fingerprint density at radius 2 is 2.18 bits per heavy atom. The number of benzene rings is 2. The molecule has 0 aliphatic carbocycles. The van der Waals surface area contributed by atoms with Crippen LogP contribution in [-0.2, 0) is 9.59 Å². The topological polar surface area (TPSA) is 103 Å². The smallest absolute Gasteiger partial charge is 0.240 e. The van der Waals surface area contributed by atoms with E-state index >= 15 is 0 Å². The highest BCUT2D eigenvalue weighted by Gasteiger charge is 2.32. The highest BCUT2D eigenvalue weighted by atomic mass is 35.5. The maximum atomic E-state index is 12.2. The van der Waals surface area contributed by atoms with E-state index in [4.69, 9.17) is 11.6 Å². The molecule has 0 unspecified atom stereocenters. The van der Waals surface area contributed by atoms with Crippen molar-refractivity contribution >= 4 is 52.2 Å². The summed E-state index contributed by atoms with van der Waals surface area (Å²) >= 11 is 7.19. The summed E-state index contributed by atoms with van der Waals surface area (Å²) in [7, 11) is 0. The molecule has 2 amide bonds. The van der Waals surface area contributed by atoms with E-state index in [1.807, 2.05) is 13.0 Å². The molecule has 0 aromatic heterocycles. The number of anilines is 1. The fourth-order valence-electron chi connectivity index (χ4n) is 2.39. The predicted octanol–water partition coefficient (Wildman–Crippen LogP) is 3.30.